The fourth-order valence-corrected chi connectivity index (χ4v) is 2.11. The molecule has 0 unspecified atom stereocenters. The number of aryl methyl sites for hydroxylation is 1. The van der Waals surface area contributed by atoms with E-state index in [2.05, 4.69) is 27.9 Å². The van der Waals surface area contributed by atoms with Gasteiger partial charge in [-0.3, -0.25) is 4.68 Å². The van der Waals surface area contributed by atoms with Gasteiger partial charge in [0.25, 0.3) is 0 Å². The van der Waals surface area contributed by atoms with Crippen molar-refractivity contribution in [2.24, 2.45) is 7.05 Å². The first-order valence-electron chi connectivity index (χ1n) is 4.81. The zero-order valence-electron chi connectivity index (χ0n) is 8.60. The molecule has 80 valence electrons. The molecule has 0 radical (unpaired) electrons. The lowest BCUT2D eigenvalue weighted by atomic mass is 10.3. The number of hydrogen-bond acceptors (Lipinski definition) is 4. The number of nitrogens with one attached hydrogen (secondary N) is 1. The molecule has 0 bridgehead atoms. The van der Waals surface area contributed by atoms with Crippen LogP contribution in [0.4, 0.5) is 11.5 Å². The number of anilines is 2. The van der Waals surface area contributed by atoms with Gasteiger partial charge in [-0.1, -0.05) is 6.07 Å². The van der Waals surface area contributed by atoms with Crippen LogP contribution >= 0.6 is 11.3 Å². The normalized spacial score (nSPS) is 10.5. The van der Waals surface area contributed by atoms with E-state index in [0.29, 0.717) is 5.69 Å². The molecule has 0 amide bonds. The van der Waals surface area contributed by atoms with Crippen LogP contribution in [0.15, 0.2) is 23.7 Å². The topological polar surface area (TPSA) is 55.9 Å². The summed E-state index contributed by atoms with van der Waals surface area (Å²) in [6, 6.07) is 4.20. The molecule has 2 rings (SSSR count). The van der Waals surface area contributed by atoms with E-state index in [4.69, 9.17) is 5.73 Å². The summed E-state index contributed by atoms with van der Waals surface area (Å²) in [7, 11) is 1.86. The molecule has 4 nitrogen and oxygen atoms in total. The molecule has 0 aliphatic rings. The van der Waals surface area contributed by atoms with Crippen molar-refractivity contribution in [3.05, 3.63) is 28.6 Å². The molecule has 2 heterocycles. The molecule has 0 fully saturated rings. The maximum Gasteiger partial charge on any atom is 0.171 e. The van der Waals surface area contributed by atoms with E-state index in [1.165, 1.54) is 4.88 Å². The lowest BCUT2D eigenvalue weighted by Crippen LogP contribution is -2.06. The van der Waals surface area contributed by atoms with Gasteiger partial charge in [-0.05, 0) is 17.9 Å². The minimum atomic E-state index is 0.698. The molecule has 0 aliphatic carbocycles. The number of nitrogens with two attached hydrogens (primary N) is 1. The van der Waals surface area contributed by atoms with Gasteiger partial charge in [0.1, 0.15) is 0 Å². The van der Waals surface area contributed by atoms with Crippen LogP contribution in [0.2, 0.25) is 0 Å². The molecule has 0 aromatic carbocycles. The van der Waals surface area contributed by atoms with E-state index < -0.39 is 0 Å². The lowest BCUT2D eigenvalue weighted by molar-refractivity contribution is 0.768. The van der Waals surface area contributed by atoms with Crippen LogP contribution in [0, 0.1) is 0 Å². The summed E-state index contributed by atoms with van der Waals surface area (Å²) >= 11 is 1.77. The summed E-state index contributed by atoms with van der Waals surface area (Å²) in [5, 5.41) is 9.52. The second-order valence-electron chi connectivity index (χ2n) is 3.36. The van der Waals surface area contributed by atoms with Gasteiger partial charge < -0.3 is 11.1 Å². The quantitative estimate of drug-likeness (QED) is 0.828. The largest absolute Gasteiger partial charge is 0.394 e. The van der Waals surface area contributed by atoms with Crippen LogP contribution in [0.1, 0.15) is 4.88 Å². The first kappa shape index (κ1) is 10.0. The molecule has 3 N–H and O–H groups in total. The SMILES string of the molecule is Cn1cc(N)c(NCCc2cccs2)n1. The predicted molar refractivity (Wildman–Crippen MR) is 64.1 cm³/mol. The van der Waals surface area contributed by atoms with Crippen LogP contribution in [0.3, 0.4) is 0 Å². The van der Waals surface area contributed by atoms with Crippen LogP contribution in [-0.2, 0) is 13.5 Å². The third-order valence-corrected chi connectivity index (χ3v) is 3.04. The standard InChI is InChI=1S/C10H14N4S/c1-14-7-9(11)10(13-14)12-5-4-8-3-2-6-15-8/h2-3,6-7H,4-5,11H2,1H3,(H,12,13). The fourth-order valence-electron chi connectivity index (χ4n) is 1.40. The highest BCUT2D eigenvalue weighted by molar-refractivity contribution is 7.09. The minimum absolute atomic E-state index is 0.698. The first-order valence-corrected chi connectivity index (χ1v) is 5.69. The number of thiophene rings is 1. The smallest absolute Gasteiger partial charge is 0.171 e. The monoisotopic (exact) mass is 222 g/mol. The van der Waals surface area contributed by atoms with Crippen molar-refractivity contribution >= 4 is 22.8 Å². The Balaban J connectivity index is 1.86. The maximum absolute atomic E-state index is 5.76. The van der Waals surface area contributed by atoms with Crippen molar-refractivity contribution in [1.29, 1.82) is 0 Å². The lowest BCUT2D eigenvalue weighted by Gasteiger charge is -2.01. The Bertz CT molecular complexity index is 419. The summed E-state index contributed by atoms with van der Waals surface area (Å²) in [6.45, 7) is 0.863. The summed E-state index contributed by atoms with van der Waals surface area (Å²) in [5.41, 5.74) is 6.46. The third kappa shape index (κ3) is 2.50. The first-order chi connectivity index (χ1) is 7.25. The number of nitrogens with zero attached hydrogens (tertiary/aromatic N) is 2. The zero-order valence-corrected chi connectivity index (χ0v) is 9.42. The van der Waals surface area contributed by atoms with Gasteiger partial charge in [0.2, 0.25) is 0 Å². The van der Waals surface area contributed by atoms with Gasteiger partial charge in [-0.25, -0.2) is 0 Å². The van der Waals surface area contributed by atoms with Gasteiger partial charge >= 0.3 is 0 Å². The second kappa shape index (κ2) is 4.35. The number of hydrogen-bond donors (Lipinski definition) is 2. The van der Waals surface area contributed by atoms with Crippen molar-refractivity contribution in [2.45, 2.75) is 6.42 Å². The molecule has 0 atom stereocenters. The average Bonchev–Trinajstić information content (AvgIpc) is 2.77. The molecule has 2 aromatic rings. The van der Waals surface area contributed by atoms with Crippen LogP contribution in [0.5, 0.6) is 0 Å². The van der Waals surface area contributed by atoms with Gasteiger partial charge in [-0.15, -0.1) is 11.3 Å². The van der Waals surface area contributed by atoms with Gasteiger partial charge in [0.05, 0.1) is 5.69 Å². The van der Waals surface area contributed by atoms with Gasteiger partial charge in [0, 0.05) is 24.7 Å². The molecule has 2 aromatic heterocycles. The average molecular weight is 222 g/mol. The summed E-state index contributed by atoms with van der Waals surface area (Å²) in [4.78, 5) is 1.37. The molecular formula is C10H14N4S. The summed E-state index contributed by atoms with van der Waals surface area (Å²) in [6.07, 6.45) is 2.81. The predicted octanol–water partition coefficient (Wildman–Crippen LogP) is 1.72. The molecular weight excluding hydrogens is 208 g/mol. The Labute approximate surface area is 92.7 Å². The second-order valence-corrected chi connectivity index (χ2v) is 4.40. The van der Waals surface area contributed by atoms with Crippen LogP contribution < -0.4 is 11.1 Å². The molecule has 5 heteroatoms. The zero-order chi connectivity index (χ0) is 10.7. The molecule has 0 aliphatic heterocycles. The van der Waals surface area contributed by atoms with Gasteiger partial charge in [0.15, 0.2) is 5.82 Å². The van der Waals surface area contributed by atoms with Crippen LogP contribution in [-0.4, -0.2) is 16.3 Å². The van der Waals surface area contributed by atoms with Crippen molar-refractivity contribution < 1.29 is 0 Å². The Morgan fingerprint density at radius 1 is 1.60 bits per heavy atom. The third-order valence-electron chi connectivity index (χ3n) is 2.10. The maximum atomic E-state index is 5.76. The van der Waals surface area contributed by atoms with E-state index in [9.17, 15) is 0 Å². The molecule has 15 heavy (non-hydrogen) atoms. The minimum Gasteiger partial charge on any atom is -0.394 e. The highest BCUT2D eigenvalue weighted by atomic mass is 32.1. The van der Waals surface area contributed by atoms with Crippen molar-refractivity contribution in [1.82, 2.24) is 9.78 Å². The van der Waals surface area contributed by atoms with E-state index in [-0.39, 0.29) is 0 Å². The van der Waals surface area contributed by atoms with E-state index >= 15 is 0 Å². The summed E-state index contributed by atoms with van der Waals surface area (Å²) in [5.74, 6) is 0.772. The highest BCUT2D eigenvalue weighted by Crippen LogP contribution is 2.15. The Morgan fingerprint density at radius 3 is 3.07 bits per heavy atom. The van der Waals surface area contributed by atoms with Crippen molar-refractivity contribution in [3.8, 4) is 0 Å². The number of aromatic nitrogens is 2. The summed E-state index contributed by atoms with van der Waals surface area (Å²) < 4.78 is 1.71. The van der Waals surface area contributed by atoms with Crippen molar-refractivity contribution in [2.75, 3.05) is 17.6 Å². The Hall–Kier alpha value is -1.49. The molecule has 0 spiro atoms. The van der Waals surface area contributed by atoms with Crippen molar-refractivity contribution in [3.63, 3.8) is 0 Å². The van der Waals surface area contributed by atoms with Crippen LogP contribution in [0.25, 0.3) is 0 Å². The van der Waals surface area contributed by atoms with E-state index in [1.807, 2.05) is 7.05 Å². The van der Waals surface area contributed by atoms with E-state index in [1.54, 1.807) is 22.2 Å². The number of rotatable bonds is 4. The molecule has 0 saturated carbocycles. The Morgan fingerprint density at radius 2 is 2.47 bits per heavy atom. The number of nitrogen functional groups attached to an aromatic ring is 1. The van der Waals surface area contributed by atoms with Gasteiger partial charge in [-0.2, -0.15) is 5.10 Å². The Kier molecular flexibility index (Phi) is 2.91. The molecule has 0 saturated heterocycles. The highest BCUT2D eigenvalue weighted by Gasteiger charge is 2.02. The van der Waals surface area contributed by atoms with E-state index in [0.717, 1.165) is 18.8 Å². The fraction of sp³-hybridized carbons (Fsp3) is 0.300.